The van der Waals surface area contributed by atoms with Crippen molar-refractivity contribution in [2.45, 2.75) is 12.1 Å². The summed E-state index contributed by atoms with van der Waals surface area (Å²) < 4.78 is 3.67. The van der Waals surface area contributed by atoms with E-state index in [4.69, 9.17) is 9.98 Å². The van der Waals surface area contributed by atoms with Gasteiger partial charge in [-0.25, -0.2) is 4.98 Å². The van der Waals surface area contributed by atoms with E-state index in [2.05, 4.69) is 72.8 Å². The molecule has 0 saturated heterocycles. The van der Waals surface area contributed by atoms with Crippen molar-refractivity contribution in [3.05, 3.63) is 148 Å². The molecule has 9 aromatic carbocycles. The Labute approximate surface area is 291 Å². The largest absolute Gasteiger partial charge is 0.283 e. The predicted molar refractivity (Wildman–Crippen MR) is 212 cm³/mol. The first kappa shape index (κ1) is 26.0. The number of nitrogens with zero attached hydrogens (tertiary/aromatic N) is 4. The summed E-state index contributed by atoms with van der Waals surface area (Å²) >= 11 is 0. The van der Waals surface area contributed by atoms with Gasteiger partial charge in [0.05, 0.1) is 23.1 Å². The number of allylic oxidation sites excluding steroid dienone is 2. The molecule has 0 saturated carbocycles. The third kappa shape index (κ3) is 2.67. The van der Waals surface area contributed by atoms with Crippen LogP contribution in [-0.2, 0) is 0 Å². The van der Waals surface area contributed by atoms with Crippen molar-refractivity contribution >= 4 is 114 Å². The Morgan fingerprint density at radius 1 is 0.462 bits per heavy atom. The SMILES string of the molecule is O=c1c2ccc3c4ccc5c6ccc7c8c(ccc(c9ccc(c%10ccc(c%11n1C1C=CC=CC1N=%11)c2c%103)c4c95)c68)c(=O)n1c2ccccc2nc71. The number of fused-ring (bicyclic) bond motifs is 12. The fraction of sp³-hybridized carbons (Fsp3) is 0.0435. The highest BCUT2D eigenvalue weighted by Gasteiger charge is 2.31. The molecule has 52 heavy (non-hydrogen) atoms. The fourth-order valence-corrected chi connectivity index (χ4v) is 10.4. The monoisotopic (exact) mass is 662 g/mol. The molecule has 12 aromatic rings. The van der Waals surface area contributed by atoms with Crippen molar-refractivity contribution in [2.24, 2.45) is 4.99 Å². The summed E-state index contributed by atoms with van der Waals surface area (Å²) in [6, 6.07) is 33.9. The lowest BCUT2D eigenvalue weighted by Crippen LogP contribution is -2.34. The van der Waals surface area contributed by atoms with Gasteiger partial charge in [0.25, 0.3) is 11.1 Å². The molecule has 0 N–H and O–H groups in total. The average molecular weight is 663 g/mol. The highest BCUT2D eigenvalue weighted by Crippen LogP contribution is 2.49. The molecule has 4 heterocycles. The maximum Gasteiger partial charge on any atom is 0.264 e. The van der Waals surface area contributed by atoms with Crippen molar-refractivity contribution in [3.63, 3.8) is 0 Å². The zero-order chi connectivity index (χ0) is 33.7. The molecule has 0 fully saturated rings. The second-order valence-corrected chi connectivity index (χ2v) is 14.7. The van der Waals surface area contributed by atoms with Gasteiger partial charge in [-0.2, -0.15) is 0 Å². The third-order valence-corrected chi connectivity index (χ3v) is 12.4. The second-order valence-electron chi connectivity index (χ2n) is 14.7. The van der Waals surface area contributed by atoms with Crippen molar-refractivity contribution in [2.75, 3.05) is 0 Å². The lowest BCUT2D eigenvalue weighted by atomic mass is 9.82. The minimum atomic E-state index is -0.0900. The summed E-state index contributed by atoms with van der Waals surface area (Å²) in [5.41, 5.74) is 3.10. The van der Waals surface area contributed by atoms with Crippen LogP contribution in [0.3, 0.4) is 0 Å². The van der Waals surface area contributed by atoms with Crippen LogP contribution in [0.4, 0.5) is 0 Å². The van der Waals surface area contributed by atoms with Crippen LogP contribution in [0.15, 0.2) is 136 Å². The number of imidazole rings is 1. The normalized spacial score (nSPS) is 17.4. The molecule has 0 radical (unpaired) electrons. The van der Waals surface area contributed by atoms with Gasteiger partial charge in [0, 0.05) is 32.3 Å². The van der Waals surface area contributed by atoms with Crippen LogP contribution in [0.1, 0.15) is 6.04 Å². The lowest BCUT2D eigenvalue weighted by molar-refractivity contribution is 0.577. The molecule has 1 aliphatic heterocycles. The van der Waals surface area contributed by atoms with E-state index >= 15 is 0 Å². The average Bonchev–Trinajstić information content (AvgIpc) is 3.78. The van der Waals surface area contributed by atoms with Crippen LogP contribution >= 0.6 is 0 Å². The quantitative estimate of drug-likeness (QED) is 0.120. The number of para-hydroxylation sites is 2. The molecule has 3 aromatic heterocycles. The number of rotatable bonds is 0. The van der Waals surface area contributed by atoms with Gasteiger partial charge in [-0.1, -0.05) is 85.0 Å². The molecule has 6 nitrogen and oxygen atoms in total. The van der Waals surface area contributed by atoms with E-state index in [9.17, 15) is 9.59 Å². The Morgan fingerprint density at radius 2 is 0.923 bits per heavy atom. The smallest absolute Gasteiger partial charge is 0.264 e. The van der Waals surface area contributed by atoms with Crippen molar-refractivity contribution in [1.82, 2.24) is 14.0 Å². The summed E-state index contributed by atoms with van der Waals surface area (Å²) in [7, 11) is 0. The first-order valence-corrected chi connectivity index (χ1v) is 17.8. The molecule has 2 atom stereocenters. The zero-order valence-corrected chi connectivity index (χ0v) is 27.3. The topological polar surface area (TPSA) is 68.7 Å². The minimum absolute atomic E-state index is 0.0177. The Kier molecular flexibility index (Phi) is 4.16. The Bertz CT molecular complexity index is 3860. The van der Waals surface area contributed by atoms with Crippen LogP contribution in [0, 0.1) is 0 Å². The van der Waals surface area contributed by atoms with E-state index in [0.29, 0.717) is 11.0 Å². The molecule has 6 heteroatoms. The molecule has 2 unspecified atom stereocenters. The number of aromatic nitrogens is 3. The second kappa shape index (κ2) is 8.33. The molecule has 0 spiro atoms. The van der Waals surface area contributed by atoms with Crippen LogP contribution in [0.5, 0.6) is 0 Å². The molecule has 238 valence electrons. The molecular formula is C46H22N4O2. The number of hydrogen-bond acceptors (Lipinski definition) is 4. The minimum Gasteiger partial charge on any atom is -0.283 e. The van der Waals surface area contributed by atoms with Gasteiger partial charge < -0.3 is 0 Å². The first-order valence-electron chi connectivity index (χ1n) is 17.8. The molecule has 2 aliphatic rings. The molecular weight excluding hydrogens is 641 g/mol. The third-order valence-electron chi connectivity index (χ3n) is 12.4. The number of pyridine rings is 2. The molecule has 14 rings (SSSR count). The van der Waals surface area contributed by atoms with Crippen molar-refractivity contribution in [3.8, 4) is 0 Å². The van der Waals surface area contributed by atoms with E-state index in [1.165, 1.54) is 32.3 Å². The van der Waals surface area contributed by atoms with Crippen LogP contribution in [0.25, 0.3) is 114 Å². The fourth-order valence-electron chi connectivity index (χ4n) is 10.4. The summed E-state index contributed by atoms with van der Waals surface area (Å²) in [6.07, 6.45) is 8.21. The van der Waals surface area contributed by atoms with Gasteiger partial charge >= 0.3 is 0 Å². The Balaban J connectivity index is 1.16. The summed E-state index contributed by atoms with van der Waals surface area (Å²) in [5, 5.41) is 19.4. The highest BCUT2D eigenvalue weighted by molar-refractivity contribution is 6.45. The van der Waals surface area contributed by atoms with Crippen LogP contribution in [-0.4, -0.2) is 20.0 Å². The highest BCUT2D eigenvalue weighted by atomic mass is 16.1. The standard InChI is InChI=1S/C46H22N4O2/c51-45-31-19-15-27-23-11-10-22-26-14-18-30-42-32(46(52)50-36-8-4-2-6-34(36)48-44(30)50)20-16-28(40(26)42)24-12-9-21(37(23)38(22)24)25-13-17-29(41(31)39(25)27)43-47-33-5-1-3-7-35(33)49(43)45/h1-20,33,35H. The van der Waals surface area contributed by atoms with Gasteiger partial charge in [0.15, 0.2) is 0 Å². The van der Waals surface area contributed by atoms with E-state index in [1.807, 2.05) is 53.1 Å². The Morgan fingerprint density at radius 3 is 1.54 bits per heavy atom. The lowest BCUT2D eigenvalue weighted by Gasteiger charge is -2.21. The molecule has 0 amide bonds. The van der Waals surface area contributed by atoms with E-state index < -0.39 is 0 Å². The first-order chi connectivity index (χ1) is 25.7. The van der Waals surface area contributed by atoms with E-state index in [1.54, 1.807) is 4.40 Å². The zero-order valence-electron chi connectivity index (χ0n) is 27.3. The van der Waals surface area contributed by atoms with E-state index in [0.717, 1.165) is 75.8 Å². The predicted octanol–water partition coefficient (Wildman–Crippen LogP) is 9.09. The molecule has 1 aliphatic carbocycles. The van der Waals surface area contributed by atoms with Gasteiger partial charge in [-0.05, 0) is 101 Å². The summed E-state index contributed by atoms with van der Waals surface area (Å²) in [5.74, 6) is 0. The summed E-state index contributed by atoms with van der Waals surface area (Å²) in [4.78, 5) is 38.4. The van der Waals surface area contributed by atoms with Crippen molar-refractivity contribution in [1.29, 1.82) is 0 Å². The number of hydrogen-bond donors (Lipinski definition) is 0. The molecule has 0 bridgehead atoms. The maximum absolute atomic E-state index is 14.2. The summed E-state index contributed by atoms with van der Waals surface area (Å²) in [6.45, 7) is 0. The van der Waals surface area contributed by atoms with Gasteiger partial charge in [0.2, 0.25) is 0 Å². The van der Waals surface area contributed by atoms with Crippen molar-refractivity contribution < 1.29 is 0 Å². The van der Waals surface area contributed by atoms with Gasteiger partial charge in [-0.3, -0.25) is 23.5 Å². The van der Waals surface area contributed by atoms with Gasteiger partial charge in [-0.15, -0.1) is 0 Å². The number of benzene rings is 9. The maximum atomic E-state index is 14.2. The van der Waals surface area contributed by atoms with Crippen LogP contribution in [0.2, 0.25) is 0 Å². The van der Waals surface area contributed by atoms with Gasteiger partial charge in [0.1, 0.15) is 11.1 Å². The Hall–Kier alpha value is -6.92. The van der Waals surface area contributed by atoms with Crippen LogP contribution < -0.4 is 16.6 Å². The van der Waals surface area contributed by atoms with E-state index in [-0.39, 0.29) is 23.2 Å².